The Bertz CT molecular complexity index is 1470. The van der Waals surface area contributed by atoms with Gasteiger partial charge in [-0.3, -0.25) is 19.1 Å². The lowest BCUT2D eigenvalue weighted by molar-refractivity contribution is 0.0959. The van der Waals surface area contributed by atoms with Crippen LogP contribution in [0.3, 0.4) is 0 Å². The maximum atomic E-state index is 13.4. The van der Waals surface area contributed by atoms with Crippen LogP contribution in [0.4, 0.5) is 4.39 Å². The van der Waals surface area contributed by atoms with Crippen LogP contribution in [0, 0.1) is 5.82 Å². The molecule has 174 valence electrons. The van der Waals surface area contributed by atoms with Gasteiger partial charge in [-0.1, -0.05) is 12.1 Å². The van der Waals surface area contributed by atoms with Crippen LogP contribution in [0.5, 0.6) is 11.5 Å². The molecule has 2 aliphatic heterocycles. The molecule has 9 nitrogen and oxygen atoms in total. The summed E-state index contributed by atoms with van der Waals surface area (Å²) in [6.07, 6.45) is 3.19. The topological polar surface area (TPSA) is 115 Å². The summed E-state index contributed by atoms with van der Waals surface area (Å²) in [6, 6.07) is 5.97. The number of hydrogen-bond acceptors (Lipinski definition) is 7. The molecule has 2 aliphatic rings. The average molecular weight is 464 g/mol. The van der Waals surface area contributed by atoms with Crippen LogP contribution in [0.2, 0.25) is 0 Å². The first kappa shape index (κ1) is 21.6. The number of halogens is 1. The SMILES string of the molecule is CNC(=O)c1c(O)c2ncc(Cc3ccc(F)cc3)c3c2n(c1=O)C=C(C1=NC(C)(C)CO1)O3. The first-order valence-corrected chi connectivity index (χ1v) is 10.6. The van der Waals surface area contributed by atoms with Gasteiger partial charge in [-0.15, -0.1) is 0 Å². The fourth-order valence-electron chi connectivity index (χ4n) is 3.94. The van der Waals surface area contributed by atoms with E-state index in [-0.39, 0.29) is 34.3 Å². The minimum absolute atomic E-state index is 0.0287. The van der Waals surface area contributed by atoms with Crippen molar-refractivity contribution in [1.29, 1.82) is 0 Å². The molecule has 2 N–H and O–H groups in total. The van der Waals surface area contributed by atoms with Gasteiger partial charge in [0.25, 0.3) is 17.4 Å². The van der Waals surface area contributed by atoms with Crippen LogP contribution < -0.4 is 15.6 Å². The van der Waals surface area contributed by atoms with Crippen molar-refractivity contribution < 1.29 is 23.8 Å². The zero-order chi connectivity index (χ0) is 24.2. The molecule has 10 heteroatoms. The molecular weight excluding hydrogens is 443 g/mol. The molecule has 4 heterocycles. The molecule has 34 heavy (non-hydrogen) atoms. The Balaban J connectivity index is 1.76. The third kappa shape index (κ3) is 3.47. The van der Waals surface area contributed by atoms with Crippen LogP contribution in [0.15, 0.2) is 46.0 Å². The van der Waals surface area contributed by atoms with E-state index in [1.165, 1.54) is 36.1 Å². The van der Waals surface area contributed by atoms with Gasteiger partial charge in [0.15, 0.2) is 11.5 Å². The molecule has 1 aromatic carbocycles. The van der Waals surface area contributed by atoms with E-state index in [0.717, 1.165) is 5.56 Å². The van der Waals surface area contributed by atoms with Crippen LogP contribution in [-0.2, 0) is 11.2 Å². The Hall–Kier alpha value is -4.21. The van der Waals surface area contributed by atoms with Crippen LogP contribution in [-0.4, -0.2) is 45.7 Å². The molecule has 0 fully saturated rings. The molecule has 0 atom stereocenters. The molecule has 0 saturated heterocycles. The number of aliphatic imine (C=N–C) groups is 1. The number of nitrogens with one attached hydrogen (secondary N) is 1. The second kappa shape index (κ2) is 7.68. The predicted molar refractivity (Wildman–Crippen MR) is 123 cm³/mol. The van der Waals surface area contributed by atoms with Gasteiger partial charge in [0.05, 0.1) is 11.7 Å². The molecule has 0 radical (unpaired) electrons. The Morgan fingerprint density at radius 2 is 2.03 bits per heavy atom. The van der Waals surface area contributed by atoms with E-state index >= 15 is 0 Å². The molecular formula is C24H21FN4O5. The fraction of sp³-hybridized carbons (Fsp3) is 0.250. The summed E-state index contributed by atoms with van der Waals surface area (Å²) < 4.78 is 26.5. The predicted octanol–water partition coefficient (Wildman–Crippen LogP) is 2.59. The van der Waals surface area contributed by atoms with Crippen molar-refractivity contribution in [2.75, 3.05) is 13.7 Å². The summed E-state index contributed by atoms with van der Waals surface area (Å²) in [4.78, 5) is 34.5. The van der Waals surface area contributed by atoms with Crippen molar-refractivity contribution >= 4 is 29.0 Å². The number of pyridine rings is 2. The van der Waals surface area contributed by atoms with E-state index in [1.54, 1.807) is 12.1 Å². The molecule has 5 rings (SSSR count). The standard InChI is InChI=1S/C24H21FN4O5/c1-24(2)11-33-22(28-24)15-10-29-18-17(19(30)16(23(29)32)21(31)26-3)27-9-13(20(18)34-15)8-12-4-6-14(25)7-5-12/h4-7,9-10,30H,8,11H2,1-3H3,(H,26,31). The van der Waals surface area contributed by atoms with Crippen LogP contribution >= 0.6 is 0 Å². The lowest BCUT2D eigenvalue weighted by Gasteiger charge is -2.23. The first-order chi connectivity index (χ1) is 16.2. The van der Waals surface area contributed by atoms with Crippen molar-refractivity contribution in [3.8, 4) is 11.5 Å². The van der Waals surface area contributed by atoms with Gasteiger partial charge in [0.1, 0.15) is 29.0 Å². The minimum atomic E-state index is -0.746. The number of carbonyl (C=O) groups excluding carboxylic acids is 1. The Morgan fingerprint density at radius 1 is 1.29 bits per heavy atom. The fourth-order valence-corrected chi connectivity index (χ4v) is 3.94. The summed E-state index contributed by atoms with van der Waals surface area (Å²) in [7, 11) is 1.36. The van der Waals surface area contributed by atoms with E-state index in [9.17, 15) is 19.1 Å². The van der Waals surface area contributed by atoms with Gasteiger partial charge in [-0.2, -0.15) is 0 Å². The molecule has 0 spiro atoms. The molecule has 0 aliphatic carbocycles. The second-order valence-corrected chi connectivity index (χ2v) is 8.70. The quantitative estimate of drug-likeness (QED) is 0.613. The van der Waals surface area contributed by atoms with E-state index < -0.39 is 28.3 Å². The monoisotopic (exact) mass is 464 g/mol. The number of carbonyl (C=O) groups is 1. The highest BCUT2D eigenvalue weighted by atomic mass is 19.1. The number of ether oxygens (including phenoxy) is 2. The number of nitrogens with zero attached hydrogens (tertiary/aromatic N) is 3. The molecule has 1 amide bonds. The first-order valence-electron chi connectivity index (χ1n) is 10.6. The number of amides is 1. The zero-order valence-corrected chi connectivity index (χ0v) is 18.7. The zero-order valence-electron chi connectivity index (χ0n) is 18.7. The number of aromatic hydroxyl groups is 1. The van der Waals surface area contributed by atoms with Crippen molar-refractivity contribution in [3.05, 3.63) is 69.1 Å². The Morgan fingerprint density at radius 3 is 2.68 bits per heavy atom. The van der Waals surface area contributed by atoms with Crippen molar-refractivity contribution in [1.82, 2.24) is 14.9 Å². The lowest BCUT2D eigenvalue weighted by atomic mass is 10.0. The van der Waals surface area contributed by atoms with Gasteiger partial charge in [-0.05, 0) is 31.5 Å². The minimum Gasteiger partial charge on any atom is -0.505 e. The summed E-state index contributed by atoms with van der Waals surface area (Å²) in [5, 5.41) is 13.1. The van der Waals surface area contributed by atoms with Crippen LogP contribution in [0.1, 0.15) is 35.3 Å². The summed E-state index contributed by atoms with van der Waals surface area (Å²) in [6.45, 7) is 4.13. The third-order valence-electron chi connectivity index (χ3n) is 5.61. The van der Waals surface area contributed by atoms with Gasteiger partial charge in [0.2, 0.25) is 5.76 Å². The van der Waals surface area contributed by atoms with Gasteiger partial charge in [-0.25, -0.2) is 9.38 Å². The number of rotatable bonds is 4. The summed E-state index contributed by atoms with van der Waals surface area (Å²) >= 11 is 0. The van der Waals surface area contributed by atoms with Gasteiger partial charge >= 0.3 is 0 Å². The van der Waals surface area contributed by atoms with Crippen LogP contribution in [0.25, 0.3) is 17.2 Å². The Kier molecular flexibility index (Phi) is 4.89. The van der Waals surface area contributed by atoms with E-state index in [1.807, 2.05) is 13.8 Å². The van der Waals surface area contributed by atoms with Gasteiger partial charge in [0, 0.05) is 25.2 Å². The van der Waals surface area contributed by atoms with Crippen molar-refractivity contribution in [2.24, 2.45) is 4.99 Å². The highest BCUT2D eigenvalue weighted by Crippen LogP contribution is 2.39. The number of aromatic nitrogens is 2. The highest BCUT2D eigenvalue weighted by Gasteiger charge is 2.34. The normalized spacial score (nSPS) is 15.9. The largest absolute Gasteiger partial charge is 0.505 e. The molecule has 0 bridgehead atoms. The van der Waals surface area contributed by atoms with Crippen molar-refractivity contribution in [2.45, 2.75) is 25.8 Å². The maximum absolute atomic E-state index is 13.4. The number of hydrogen-bond donors (Lipinski definition) is 2. The second-order valence-electron chi connectivity index (χ2n) is 8.70. The summed E-state index contributed by atoms with van der Waals surface area (Å²) in [5.41, 5.74) is -0.0523. The molecule has 3 aromatic rings. The van der Waals surface area contributed by atoms with E-state index in [0.29, 0.717) is 18.6 Å². The van der Waals surface area contributed by atoms with Crippen molar-refractivity contribution in [3.63, 3.8) is 0 Å². The van der Waals surface area contributed by atoms with E-state index in [4.69, 9.17) is 9.47 Å². The van der Waals surface area contributed by atoms with E-state index in [2.05, 4.69) is 15.3 Å². The molecule has 0 unspecified atom stereocenters. The molecule has 2 aromatic heterocycles. The highest BCUT2D eigenvalue weighted by molar-refractivity contribution is 6.05. The maximum Gasteiger partial charge on any atom is 0.272 e. The summed E-state index contributed by atoms with van der Waals surface area (Å²) in [5.74, 6) is -0.983. The average Bonchev–Trinajstić information content (AvgIpc) is 3.18. The third-order valence-corrected chi connectivity index (χ3v) is 5.61. The Labute approximate surface area is 193 Å². The van der Waals surface area contributed by atoms with Gasteiger partial charge < -0.3 is 19.9 Å². The molecule has 0 saturated carbocycles. The lowest BCUT2D eigenvalue weighted by Crippen LogP contribution is -2.32. The number of benzene rings is 1. The smallest absolute Gasteiger partial charge is 0.272 e.